The van der Waals surface area contributed by atoms with Crippen LogP contribution in [0.2, 0.25) is 0 Å². The fourth-order valence-electron chi connectivity index (χ4n) is 3.27. The molecule has 4 rings (SSSR count). The van der Waals surface area contributed by atoms with E-state index in [9.17, 15) is 4.79 Å². The highest BCUT2D eigenvalue weighted by Gasteiger charge is 2.29. The predicted octanol–water partition coefficient (Wildman–Crippen LogP) is 3.68. The van der Waals surface area contributed by atoms with E-state index in [1.807, 2.05) is 54.7 Å². The van der Waals surface area contributed by atoms with Crippen molar-refractivity contribution in [2.24, 2.45) is 0 Å². The van der Waals surface area contributed by atoms with E-state index in [1.165, 1.54) is 0 Å². The number of carbonyl (C=O) groups is 1. The number of benzene rings is 2. The van der Waals surface area contributed by atoms with E-state index < -0.39 is 0 Å². The second kappa shape index (κ2) is 6.22. The molecule has 132 valence electrons. The van der Waals surface area contributed by atoms with E-state index in [4.69, 9.17) is 4.74 Å². The molecule has 0 spiro atoms. The molecule has 0 N–H and O–H groups in total. The quantitative estimate of drug-likeness (QED) is 0.710. The van der Waals surface area contributed by atoms with Gasteiger partial charge in [0.05, 0.1) is 24.7 Å². The average molecular weight is 348 g/mol. The van der Waals surface area contributed by atoms with Crippen LogP contribution in [0.3, 0.4) is 0 Å². The molecule has 1 aliphatic rings. The van der Waals surface area contributed by atoms with E-state index >= 15 is 0 Å². The number of anilines is 1. The first-order valence-electron chi connectivity index (χ1n) is 8.38. The second-order valence-corrected chi connectivity index (χ2v) is 6.39. The Labute approximate surface area is 152 Å². The van der Waals surface area contributed by atoms with Crippen molar-refractivity contribution >= 4 is 11.7 Å². The van der Waals surface area contributed by atoms with Gasteiger partial charge in [0, 0.05) is 25.2 Å². The van der Waals surface area contributed by atoms with E-state index in [0.717, 1.165) is 34.1 Å². The molecule has 6 nitrogen and oxygen atoms in total. The molecule has 2 amide bonds. The number of methoxy groups -OCH3 is 1. The molecule has 3 aromatic rings. The zero-order valence-electron chi connectivity index (χ0n) is 15.0. The molecule has 0 unspecified atom stereocenters. The summed E-state index contributed by atoms with van der Waals surface area (Å²) in [5, 5.41) is 0. The summed E-state index contributed by atoms with van der Waals surface area (Å²) in [7, 11) is 5.17. The van der Waals surface area contributed by atoms with Gasteiger partial charge in [-0.25, -0.2) is 9.78 Å². The van der Waals surface area contributed by atoms with Crippen LogP contribution in [-0.2, 0) is 6.67 Å². The number of hydrogen-bond donors (Lipinski definition) is 0. The molecule has 2 aromatic carbocycles. The van der Waals surface area contributed by atoms with Crippen LogP contribution in [0.4, 0.5) is 10.5 Å². The molecule has 6 heteroatoms. The van der Waals surface area contributed by atoms with Gasteiger partial charge in [-0.2, -0.15) is 0 Å². The van der Waals surface area contributed by atoms with Crippen molar-refractivity contribution < 1.29 is 9.53 Å². The van der Waals surface area contributed by atoms with Crippen LogP contribution in [0.25, 0.3) is 22.6 Å². The summed E-state index contributed by atoms with van der Waals surface area (Å²) >= 11 is 0. The van der Waals surface area contributed by atoms with Crippen LogP contribution in [0.5, 0.6) is 5.75 Å². The molecule has 0 radical (unpaired) electrons. The number of amides is 2. The molecule has 0 fully saturated rings. The lowest BCUT2D eigenvalue weighted by molar-refractivity contribution is 0.222. The number of aromatic nitrogens is 2. The van der Waals surface area contributed by atoms with Gasteiger partial charge < -0.3 is 14.2 Å². The molecule has 0 saturated heterocycles. The second-order valence-electron chi connectivity index (χ2n) is 6.39. The minimum absolute atomic E-state index is 0.0617. The van der Waals surface area contributed by atoms with Gasteiger partial charge in [-0.1, -0.05) is 30.3 Å². The van der Waals surface area contributed by atoms with Crippen molar-refractivity contribution in [1.29, 1.82) is 0 Å². The largest absolute Gasteiger partial charge is 0.497 e. The van der Waals surface area contributed by atoms with Crippen LogP contribution in [0.15, 0.2) is 54.7 Å². The van der Waals surface area contributed by atoms with Crippen LogP contribution < -0.4 is 9.64 Å². The number of para-hydroxylation sites is 1. The molecule has 1 aliphatic heterocycles. The summed E-state index contributed by atoms with van der Waals surface area (Å²) in [5.41, 5.74) is 3.85. The number of carbonyl (C=O) groups excluding carboxylic acids is 1. The third-order valence-electron chi connectivity index (χ3n) is 4.55. The van der Waals surface area contributed by atoms with Crippen molar-refractivity contribution in [3.63, 3.8) is 0 Å². The third-order valence-corrected chi connectivity index (χ3v) is 4.55. The number of imidazole rings is 1. The summed E-state index contributed by atoms with van der Waals surface area (Å²) in [6, 6.07) is 15.6. The van der Waals surface area contributed by atoms with Gasteiger partial charge in [-0.3, -0.25) is 4.90 Å². The highest BCUT2D eigenvalue weighted by molar-refractivity contribution is 5.97. The number of ether oxygens (including phenoxy) is 1. The summed E-state index contributed by atoms with van der Waals surface area (Å²) in [4.78, 5) is 20.7. The van der Waals surface area contributed by atoms with E-state index in [2.05, 4.69) is 9.55 Å². The number of urea groups is 1. The SMILES string of the molecule is COc1cccc(-c2ncc3n2CN(C(=O)N(C)C)c2ccccc2-3)c1. The molecular formula is C20H20N4O2. The Balaban J connectivity index is 1.87. The van der Waals surface area contributed by atoms with Crippen LogP contribution in [0.1, 0.15) is 0 Å². The Bertz CT molecular complexity index is 977. The van der Waals surface area contributed by atoms with E-state index in [-0.39, 0.29) is 6.03 Å². The van der Waals surface area contributed by atoms with Gasteiger partial charge in [-0.15, -0.1) is 0 Å². The highest BCUT2D eigenvalue weighted by atomic mass is 16.5. The molecule has 26 heavy (non-hydrogen) atoms. The standard InChI is InChI=1S/C20H20N4O2/c1-22(2)20(25)24-13-23-18(16-9-4-5-10-17(16)24)12-21-19(23)14-7-6-8-15(11-14)26-3/h4-12H,13H2,1-3H3. The average Bonchev–Trinajstić information content (AvgIpc) is 3.11. The first-order valence-corrected chi connectivity index (χ1v) is 8.38. The fraction of sp³-hybridized carbons (Fsp3) is 0.200. The Morgan fingerprint density at radius 2 is 1.96 bits per heavy atom. The maximum atomic E-state index is 12.7. The van der Waals surface area contributed by atoms with Gasteiger partial charge in [0.25, 0.3) is 0 Å². The normalized spacial score (nSPS) is 12.3. The predicted molar refractivity (Wildman–Crippen MR) is 101 cm³/mol. The van der Waals surface area contributed by atoms with Crippen molar-refractivity contribution in [3.8, 4) is 28.4 Å². The first kappa shape index (κ1) is 16.2. The Morgan fingerprint density at radius 1 is 1.15 bits per heavy atom. The Kier molecular flexibility index (Phi) is 3.88. The van der Waals surface area contributed by atoms with Gasteiger partial charge in [0.15, 0.2) is 0 Å². The number of hydrogen-bond acceptors (Lipinski definition) is 3. The number of rotatable bonds is 2. The summed E-state index contributed by atoms with van der Waals surface area (Å²) in [6.45, 7) is 0.413. The lowest BCUT2D eigenvalue weighted by Crippen LogP contribution is -2.42. The van der Waals surface area contributed by atoms with Crippen molar-refractivity contribution in [1.82, 2.24) is 14.5 Å². The van der Waals surface area contributed by atoms with Crippen molar-refractivity contribution in [2.45, 2.75) is 6.67 Å². The zero-order valence-corrected chi connectivity index (χ0v) is 15.0. The summed E-state index contributed by atoms with van der Waals surface area (Å²) in [6.07, 6.45) is 1.87. The summed E-state index contributed by atoms with van der Waals surface area (Å²) in [5.74, 6) is 1.59. The topological polar surface area (TPSA) is 50.6 Å². The molecule has 1 aromatic heterocycles. The molecule has 0 saturated carbocycles. The maximum Gasteiger partial charge on any atom is 0.325 e. The van der Waals surface area contributed by atoms with Crippen molar-refractivity contribution in [2.75, 3.05) is 26.1 Å². The molecule has 0 bridgehead atoms. The summed E-state index contributed by atoms with van der Waals surface area (Å²) < 4.78 is 7.40. The van der Waals surface area contributed by atoms with Gasteiger partial charge in [0.2, 0.25) is 0 Å². The molecule has 2 heterocycles. The van der Waals surface area contributed by atoms with Gasteiger partial charge in [-0.05, 0) is 18.2 Å². The zero-order chi connectivity index (χ0) is 18.3. The molecule has 0 atom stereocenters. The monoisotopic (exact) mass is 348 g/mol. The van der Waals surface area contributed by atoms with Gasteiger partial charge in [0.1, 0.15) is 18.2 Å². The molecule has 0 aliphatic carbocycles. The van der Waals surface area contributed by atoms with E-state index in [1.54, 1.807) is 31.0 Å². The Morgan fingerprint density at radius 3 is 2.73 bits per heavy atom. The minimum atomic E-state index is -0.0617. The van der Waals surface area contributed by atoms with Crippen molar-refractivity contribution in [3.05, 3.63) is 54.7 Å². The smallest absolute Gasteiger partial charge is 0.325 e. The van der Waals surface area contributed by atoms with Crippen LogP contribution in [0, 0.1) is 0 Å². The first-order chi connectivity index (χ1) is 12.6. The highest BCUT2D eigenvalue weighted by Crippen LogP contribution is 2.38. The van der Waals surface area contributed by atoms with E-state index in [0.29, 0.717) is 6.67 Å². The number of nitrogens with zero attached hydrogens (tertiary/aromatic N) is 4. The molecular weight excluding hydrogens is 328 g/mol. The lowest BCUT2D eigenvalue weighted by atomic mass is 10.1. The van der Waals surface area contributed by atoms with Crippen LogP contribution >= 0.6 is 0 Å². The van der Waals surface area contributed by atoms with Crippen LogP contribution in [-0.4, -0.2) is 41.7 Å². The minimum Gasteiger partial charge on any atom is -0.497 e. The lowest BCUT2D eigenvalue weighted by Gasteiger charge is -2.33. The van der Waals surface area contributed by atoms with Gasteiger partial charge >= 0.3 is 6.03 Å². The third kappa shape index (κ3) is 2.50. The Hall–Kier alpha value is -3.28. The fourth-order valence-corrected chi connectivity index (χ4v) is 3.27. The number of fused-ring (bicyclic) bond motifs is 3. The maximum absolute atomic E-state index is 12.7.